The molecule has 0 aliphatic carbocycles. The quantitative estimate of drug-likeness (QED) is 0.596. The molecule has 0 fully saturated rings. The van der Waals surface area contributed by atoms with Crippen LogP contribution in [-0.4, -0.2) is 17.3 Å². The van der Waals surface area contributed by atoms with Crippen molar-refractivity contribution in [3.05, 3.63) is 17.5 Å². The number of nitrogens with zero attached hydrogens (tertiary/aromatic N) is 2. The third-order valence-electron chi connectivity index (χ3n) is 1.48. The van der Waals surface area contributed by atoms with Crippen molar-refractivity contribution in [3.8, 4) is 0 Å². The van der Waals surface area contributed by atoms with E-state index in [4.69, 9.17) is 4.52 Å². The van der Waals surface area contributed by atoms with Crippen LogP contribution in [0.5, 0.6) is 0 Å². The van der Waals surface area contributed by atoms with E-state index in [1.165, 1.54) is 0 Å². The lowest BCUT2D eigenvalue weighted by atomic mass is 9.99. The summed E-state index contributed by atoms with van der Waals surface area (Å²) in [5.41, 5.74) is 2.55. The molecule has 0 spiro atoms. The highest BCUT2D eigenvalue weighted by Gasteiger charge is 2.10. The van der Waals surface area contributed by atoms with Gasteiger partial charge in [-0.1, -0.05) is 25.9 Å². The van der Waals surface area contributed by atoms with Crippen LogP contribution < -0.4 is 5.43 Å². The van der Waals surface area contributed by atoms with Crippen LogP contribution in [0.2, 0.25) is 0 Å². The average molecular weight is 209 g/mol. The molecule has 5 heteroatoms. The lowest BCUT2D eigenvalue weighted by molar-refractivity contribution is 0.0946. The molecule has 0 radical (unpaired) electrons. The molecule has 0 bridgehead atoms. The van der Waals surface area contributed by atoms with Gasteiger partial charge in [0.25, 0.3) is 5.91 Å². The zero-order valence-electron chi connectivity index (χ0n) is 9.37. The van der Waals surface area contributed by atoms with Gasteiger partial charge in [-0.05, 0) is 12.3 Å². The van der Waals surface area contributed by atoms with Crippen LogP contribution in [-0.2, 0) is 0 Å². The van der Waals surface area contributed by atoms with Crippen molar-refractivity contribution in [2.75, 3.05) is 0 Å². The largest absolute Gasteiger partial charge is 0.361 e. The van der Waals surface area contributed by atoms with E-state index in [1.54, 1.807) is 19.2 Å². The van der Waals surface area contributed by atoms with E-state index >= 15 is 0 Å². The van der Waals surface area contributed by atoms with E-state index in [1.807, 2.05) is 20.8 Å². The smallest absolute Gasteiger partial charge is 0.293 e. The number of aryl methyl sites for hydroxylation is 1. The zero-order chi connectivity index (χ0) is 11.5. The Balaban J connectivity index is 2.54. The first kappa shape index (κ1) is 11.4. The van der Waals surface area contributed by atoms with Gasteiger partial charge in [0, 0.05) is 12.3 Å². The number of nitrogens with one attached hydrogen (secondary N) is 1. The number of aromatic nitrogens is 1. The number of carbonyl (C=O) groups is 1. The molecule has 0 atom stereocenters. The standard InChI is InChI=1S/C10H15N3O2/c1-7-5-8(13-15-7)9(14)12-11-6-10(2,3)4/h5-6H,1-4H3,(H,12,14)/b11-6-. The monoisotopic (exact) mass is 209 g/mol. The maximum absolute atomic E-state index is 11.4. The van der Waals surface area contributed by atoms with Crippen molar-refractivity contribution < 1.29 is 9.32 Å². The summed E-state index contributed by atoms with van der Waals surface area (Å²) in [6.07, 6.45) is 1.66. The Kier molecular flexibility index (Phi) is 3.24. The summed E-state index contributed by atoms with van der Waals surface area (Å²) >= 11 is 0. The molecule has 82 valence electrons. The van der Waals surface area contributed by atoms with Crippen molar-refractivity contribution in [1.29, 1.82) is 0 Å². The molecule has 1 N–H and O–H groups in total. The van der Waals surface area contributed by atoms with E-state index in [0.717, 1.165) is 0 Å². The predicted molar refractivity (Wildman–Crippen MR) is 56.7 cm³/mol. The summed E-state index contributed by atoms with van der Waals surface area (Å²) in [5.74, 6) is 0.229. The fourth-order valence-electron chi connectivity index (χ4n) is 0.815. The number of hydrogen-bond acceptors (Lipinski definition) is 4. The van der Waals surface area contributed by atoms with Crippen molar-refractivity contribution in [2.24, 2.45) is 10.5 Å². The van der Waals surface area contributed by atoms with E-state index in [-0.39, 0.29) is 17.0 Å². The van der Waals surface area contributed by atoms with Gasteiger partial charge in [0.15, 0.2) is 5.69 Å². The van der Waals surface area contributed by atoms with Gasteiger partial charge in [0.1, 0.15) is 5.76 Å². The highest BCUT2D eigenvalue weighted by Crippen LogP contribution is 2.07. The molecular formula is C10H15N3O2. The lowest BCUT2D eigenvalue weighted by Gasteiger charge is -2.09. The Labute approximate surface area is 88.5 Å². The molecule has 1 heterocycles. The van der Waals surface area contributed by atoms with Gasteiger partial charge in [0.05, 0.1) is 0 Å². The van der Waals surface area contributed by atoms with Gasteiger partial charge < -0.3 is 4.52 Å². The summed E-state index contributed by atoms with van der Waals surface area (Å²) in [7, 11) is 0. The Morgan fingerprint density at radius 1 is 1.60 bits per heavy atom. The van der Waals surface area contributed by atoms with Crippen LogP contribution in [0.4, 0.5) is 0 Å². The van der Waals surface area contributed by atoms with Crippen molar-refractivity contribution >= 4 is 12.1 Å². The molecule has 1 aromatic rings. The summed E-state index contributed by atoms with van der Waals surface area (Å²) < 4.78 is 4.77. The SMILES string of the molecule is Cc1cc(C(=O)N/N=C\C(C)(C)C)no1. The molecule has 0 saturated heterocycles. The second-order valence-corrected chi connectivity index (χ2v) is 4.39. The Morgan fingerprint density at radius 2 is 2.27 bits per heavy atom. The summed E-state index contributed by atoms with van der Waals surface area (Å²) in [6.45, 7) is 7.69. The molecule has 1 amide bonds. The Morgan fingerprint density at radius 3 is 2.73 bits per heavy atom. The number of amides is 1. The Hall–Kier alpha value is -1.65. The van der Waals surface area contributed by atoms with Crippen LogP contribution >= 0.6 is 0 Å². The average Bonchev–Trinajstić information content (AvgIpc) is 2.49. The second kappa shape index (κ2) is 4.25. The highest BCUT2D eigenvalue weighted by molar-refractivity contribution is 5.92. The molecule has 1 aromatic heterocycles. The van der Waals surface area contributed by atoms with Crippen molar-refractivity contribution in [2.45, 2.75) is 27.7 Å². The van der Waals surface area contributed by atoms with Gasteiger partial charge in [0.2, 0.25) is 0 Å². The van der Waals surface area contributed by atoms with Crippen molar-refractivity contribution in [1.82, 2.24) is 10.6 Å². The molecule has 0 aromatic carbocycles. The van der Waals surface area contributed by atoms with Gasteiger partial charge in [-0.15, -0.1) is 0 Å². The topological polar surface area (TPSA) is 67.5 Å². The maximum Gasteiger partial charge on any atom is 0.293 e. The first-order valence-electron chi connectivity index (χ1n) is 4.66. The minimum atomic E-state index is -0.368. The number of hydrazone groups is 1. The predicted octanol–water partition coefficient (Wildman–Crippen LogP) is 1.74. The Bertz CT molecular complexity index is 374. The molecule has 0 unspecified atom stereocenters. The van der Waals surface area contributed by atoms with Gasteiger partial charge in [-0.2, -0.15) is 5.10 Å². The number of rotatable bonds is 2. The van der Waals surface area contributed by atoms with E-state index in [2.05, 4.69) is 15.7 Å². The normalized spacial score (nSPS) is 12.0. The van der Waals surface area contributed by atoms with Crippen LogP contribution in [0.3, 0.4) is 0 Å². The van der Waals surface area contributed by atoms with E-state index in [9.17, 15) is 4.79 Å². The maximum atomic E-state index is 11.4. The van der Waals surface area contributed by atoms with Gasteiger partial charge in [-0.3, -0.25) is 4.79 Å². The minimum Gasteiger partial charge on any atom is -0.361 e. The first-order valence-corrected chi connectivity index (χ1v) is 4.66. The fourth-order valence-corrected chi connectivity index (χ4v) is 0.815. The fraction of sp³-hybridized carbons (Fsp3) is 0.500. The molecule has 1 rings (SSSR count). The lowest BCUT2D eigenvalue weighted by Crippen LogP contribution is -2.20. The van der Waals surface area contributed by atoms with Gasteiger partial charge >= 0.3 is 0 Å². The van der Waals surface area contributed by atoms with Crippen LogP contribution in [0.15, 0.2) is 15.7 Å². The summed E-state index contributed by atoms with van der Waals surface area (Å²) in [6, 6.07) is 1.56. The zero-order valence-corrected chi connectivity index (χ0v) is 9.37. The van der Waals surface area contributed by atoms with Crippen LogP contribution in [0.1, 0.15) is 37.0 Å². The first-order chi connectivity index (χ1) is 6.88. The van der Waals surface area contributed by atoms with Gasteiger partial charge in [-0.25, -0.2) is 5.43 Å². The molecule has 15 heavy (non-hydrogen) atoms. The van der Waals surface area contributed by atoms with Crippen LogP contribution in [0.25, 0.3) is 0 Å². The highest BCUT2D eigenvalue weighted by atomic mass is 16.5. The summed E-state index contributed by atoms with van der Waals surface area (Å²) in [5, 5.41) is 7.39. The molecule has 0 aliphatic rings. The second-order valence-electron chi connectivity index (χ2n) is 4.39. The minimum absolute atomic E-state index is 0.0625. The van der Waals surface area contributed by atoms with Crippen molar-refractivity contribution in [3.63, 3.8) is 0 Å². The third-order valence-corrected chi connectivity index (χ3v) is 1.48. The van der Waals surface area contributed by atoms with E-state index in [0.29, 0.717) is 5.76 Å². The molecular weight excluding hydrogens is 194 g/mol. The van der Waals surface area contributed by atoms with E-state index < -0.39 is 0 Å². The molecule has 5 nitrogen and oxygen atoms in total. The van der Waals surface area contributed by atoms with Crippen LogP contribution in [0, 0.1) is 12.3 Å². The molecule has 0 aliphatic heterocycles. The summed E-state index contributed by atoms with van der Waals surface area (Å²) in [4.78, 5) is 11.4. The number of hydrogen-bond donors (Lipinski definition) is 1. The third kappa shape index (κ3) is 3.93. The molecule has 0 saturated carbocycles. The number of carbonyl (C=O) groups excluding carboxylic acids is 1.